The molecule has 0 unspecified atom stereocenters. The van der Waals surface area contributed by atoms with E-state index in [0.29, 0.717) is 0 Å². The lowest BCUT2D eigenvalue weighted by Gasteiger charge is -2.27. The van der Waals surface area contributed by atoms with Gasteiger partial charge in [-0.25, -0.2) is 15.0 Å². The summed E-state index contributed by atoms with van der Waals surface area (Å²) in [5, 5.41) is 2.06. The third-order valence-corrected chi connectivity index (χ3v) is 5.23. The Labute approximate surface area is 148 Å². The molecule has 0 fully saturated rings. The topological polar surface area (TPSA) is 59.2 Å². The van der Waals surface area contributed by atoms with Gasteiger partial charge in [-0.3, -0.25) is 14.3 Å². The first-order chi connectivity index (χ1) is 12.3. The van der Waals surface area contributed by atoms with Crippen molar-refractivity contribution >= 4 is 16.3 Å². The minimum atomic E-state index is 0.759. The largest absolute Gasteiger partial charge is 0.297 e. The molecule has 0 saturated heterocycles. The molecule has 0 saturated carbocycles. The minimum absolute atomic E-state index is 0.759. The Morgan fingerprint density at radius 1 is 1.20 bits per heavy atom. The monoisotopic (exact) mass is 348 g/mol. The van der Waals surface area contributed by atoms with E-state index in [0.717, 1.165) is 53.8 Å². The second-order valence-electron chi connectivity index (χ2n) is 6.19. The molecular weight excluding hydrogens is 332 g/mol. The van der Waals surface area contributed by atoms with Crippen molar-refractivity contribution in [3.05, 3.63) is 65.4 Å². The second kappa shape index (κ2) is 6.02. The molecule has 0 spiro atoms. The fraction of sp³-hybridized carbons (Fsp3) is 0.222. The number of aromatic nitrogens is 5. The molecule has 7 heteroatoms. The van der Waals surface area contributed by atoms with Crippen LogP contribution in [-0.4, -0.2) is 35.8 Å². The fourth-order valence-electron chi connectivity index (χ4n) is 3.23. The highest BCUT2D eigenvalue weighted by molar-refractivity contribution is 7.15. The van der Waals surface area contributed by atoms with Crippen LogP contribution < -0.4 is 0 Å². The molecule has 0 atom stereocenters. The molecule has 0 amide bonds. The average Bonchev–Trinajstić information content (AvgIpc) is 3.23. The number of hydrogen-bond acceptors (Lipinski definition) is 6. The lowest BCUT2D eigenvalue weighted by atomic mass is 10.1. The number of pyridine rings is 1. The first kappa shape index (κ1) is 14.7. The van der Waals surface area contributed by atoms with Gasteiger partial charge in [0.15, 0.2) is 10.8 Å². The normalized spacial score (nSPS) is 14.7. The van der Waals surface area contributed by atoms with Crippen molar-refractivity contribution in [1.29, 1.82) is 0 Å². The molecule has 5 rings (SSSR count). The van der Waals surface area contributed by atoms with E-state index in [1.807, 2.05) is 18.3 Å². The Balaban J connectivity index is 1.35. The lowest BCUT2D eigenvalue weighted by Crippen LogP contribution is -2.31. The Bertz CT molecular complexity index is 994. The number of hydrogen-bond donors (Lipinski definition) is 0. The molecule has 0 aliphatic carbocycles. The molecule has 0 bridgehead atoms. The third-order valence-electron chi connectivity index (χ3n) is 4.46. The average molecular weight is 348 g/mol. The summed E-state index contributed by atoms with van der Waals surface area (Å²) < 4.78 is 2.08. The Morgan fingerprint density at radius 2 is 2.20 bits per heavy atom. The van der Waals surface area contributed by atoms with Crippen LogP contribution in [0.1, 0.15) is 17.0 Å². The van der Waals surface area contributed by atoms with Crippen LogP contribution in [0, 0.1) is 0 Å². The summed E-state index contributed by atoms with van der Waals surface area (Å²) in [5.74, 6) is 0.759. The van der Waals surface area contributed by atoms with Crippen molar-refractivity contribution in [3.8, 4) is 11.4 Å². The predicted molar refractivity (Wildman–Crippen MR) is 96.2 cm³/mol. The molecule has 1 aliphatic rings. The van der Waals surface area contributed by atoms with Gasteiger partial charge in [0.1, 0.15) is 0 Å². The summed E-state index contributed by atoms with van der Waals surface area (Å²) in [4.78, 5) is 21.6. The van der Waals surface area contributed by atoms with E-state index in [1.165, 1.54) is 5.56 Å². The maximum atomic E-state index is 4.76. The lowest BCUT2D eigenvalue weighted by molar-refractivity contribution is 0.240. The number of fused-ring (bicyclic) bond motifs is 2. The maximum Gasteiger partial charge on any atom is 0.193 e. The van der Waals surface area contributed by atoms with Gasteiger partial charge in [-0.05, 0) is 12.1 Å². The Kier molecular flexibility index (Phi) is 3.53. The molecule has 0 radical (unpaired) electrons. The summed E-state index contributed by atoms with van der Waals surface area (Å²) in [6, 6.07) is 3.91. The van der Waals surface area contributed by atoms with E-state index in [4.69, 9.17) is 4.98 Å². The van der Waals surface area contributed by atoms with Gasteiger partial charge in [0.25, 0.3) is 0 Å². The zero-order valence-corrected chi connectivity index (χ0v) is 14.4. The molecule has 0 N–H and O–H groups in total. The van der Waals surface area contributed by atoms with E-state index >= 15 is 0 Å². The Hall–Kier alpha value is -2.64. The molecule has 4 aromatic rings. The van der Waals surface area contributed by atoms with Crippen LogP contribution in [0.25, 0.3) is 16.3 Å². The third kappa shape index (κ3) is 2.81. The van der Waals surface area contributed by atoms with Crippen molar-refractivity contribution in [2.45, 2.75) is 19.5 Å². The van der Waals surface area contributed by atoms with E-state index in [1.54, 1.807) is 23.7 Å². The summed E-state index contributed by atoms with van der Waals surface area (Å²) in [6.07, 6.45) is 10.6. The molecule has 0 aromatic carbocycles. The van der Waals surface area contributed by atoms with Crippen molar-refractivity contribution in [2.24, 2.45) is 0 Å². The van der Waals surface area contributed by atoms with Crippen molar-refractivity contribution < 1.29 is 0 Å². The van der Waals surface area contributed by atoms with Gasteiger partial charge < -0.3 is 0 Å². The van der Waals surface area contributed by atoms with Crippen LogP contribution in [0.2, 0.25) is 0 Å². The quantitative estimate of drug-likeness (QED) is 0.570. The van der Waals surface area contributed by atoms with E-state index in [-0.39, 0.29) is 0 Å². The number of nitrogens with zero attached hydrogens (tertiary/aromatic N) is 6. The fourth-order valence-corrected chi connectivity index (χ4v) is 3.94. The van der Waals surface area contributed by atoms with E-state index in [9.17, 15) is 0 Å². The summed E-state index contributed by atoms with van der Waals surface area (Å²) >= 11 is 1.67. The molecule has 124 valence electrons. The highest BCUT2D eigenvalue weighted by Gasteiger charge is 2.20. The Morgan fingerprint density at radius 3 is 3.08 bits per heavy atom. The molecule has 25 heavy (non-hydrogen) atoms. The highest BCUT2D eigenvalue weighted by Crippen LogP contribution is 2.22. The molecule has 4 aromatic heterocycles. The molecular formula is C18H16N6S. The van der Waals surface area contributed by atoms with E-state index in [2.05, 4.69) is 42.0 Å². The zero-order chi connectivity index (χ0) is 16.6. The smallest absolute Gasteiger partial charge is 0.193 e. The van der Waals surface area contributed by atoms with Gasteiger partial charge in [-0.1, -0.05) is 0 Å². The number of rotatable bonds is 3. The minimum Gasteiger partial charge on any atom is -0.297 e. The van der Waals surface area contributed by atoms with Gasteiger partial charge in [-0.15, -0.1) is 11.3 Å². The molecule has 1 aliphatic heterocycles. The van der Waals surface area contributed by atoms with Crippen molar-refractivity contribution in [3.63, 3.8) is 0 Å². The highest BCUT2D eigenvalue weighted by atomic mass is 32.1. The van der Waals surface area contributed by atoms with Gasteiger partial charge >= 0.3 is 0 Å². The first-order valence-electron chi connectivity index (χ1n) is 8.24. The van der Waals surface area contributed by atoms with Gasteiger partial charge in [0.2, 0.25) is 0 Å². The van der Waals surface area contributed by atoms with Crippen LogP contribution in [0.3, 0.4) is 0 Å². The van der Waals surface area contributed by atoms with Gasteiger partial charge in [0.05, 0.1) is 11.4 Å². The second-order valence-corrected chi connectivity index (χ2v) is 7.07. The number of imidazole rings is 1. The summed E-state index contributed by atoms with van der Waals surface area (Å²) in [7, 11) is 0. The van der Waals surface area contributed by atoms with Gasteiger partial charge in [-0.2, -0.15) is 0 Å². The van der Waals surface area contributed by atoms with Crippen LogP contribution in [0.5, 0.6) is 0 Å². The standard InChI is InChI=1S/C18H16N6S/c1-2-13(8-19-4-1)17-20-9-14-10-23(5-3-16(14)22-17)11-15-12-24-6-7-25-18(24)21-15/h1-2,4,6-9,12H,3,5,10-11H2. The predicted octanol–water partition coefficient (Wildman–Crippen LogP) is 2.81. The summed E-state index contributed by atoms with van der Waals surface area (Å²) in [6.45, 7) is 2.72. The van der Waals surface area contributed by atoms with Gasteiger partial charge in [0, 0.05) is 73.5 Å². The summed E-state index contributed by atoms with van der Waals surface area (Å²) in [5.41, 5.74) is 4.44. The first-order valence-corrected chi connectivity index (χ1v) is 9.12. The maximum absolute atomic E-state index is 4.76. The zero-order valence-electron chi connectivity index (χ0n) is 13.5. The molecule has 5 heterocycles. The van der Waals surface area contributed by atoms with Crippen molar-refractivity contribution in [1.82, 2.24) is 29.2 Å². The number of thiazole rings is 1. The van der Waals surface area contributed by atoms with E-state index < -0.39 is 0 Å². The van der Waals surface area contributed by atoms with Crippen LogP contribution >= 0.6 is 11.3 Å². The molecule has 6 nitrogen and oxygen atoms in total. The SMILES string of the molecule is c1cncc(-c2ncc3c(n2)CCN(Cc2cn4ccsc4n2)C3)c1. The van der Waals surface area contributed by atoms with Crippen LogP contribution in [0.4, 0.5) is 0 Å². The van der Waals surface area contributed by atoms with Crippen LogP contribution in [-0.2, 0) is 19.5 Å². The van der Waals surface area contributed by atoms with Crippen molar-refractivity contribution in [2.75, 3.05) is 6.54 Å². The van der Waals surface area contributed by atoms with Crippen LogP contribution in [0.15, 0.2) is 48.5 Å².